The van der Waals surface area contributed by atoms with Crippen molar-refractivity contribution in [2.75, 3.05) is 12.4 Å². The molecular weight excluding hydrogens is 414 g/mol. The summed E-state index contributed by atoms with van der Waals surface area (Å²) in [6.07, 6.45) is 5.23. The van der Waals surface area contributed by atoms with Crippen molar-refractivity contribution in [2.45, 2.75) is 6.54 Å². The number of hydrogen-bond acceptors (Lipinski definition) is 7. The Hall–Kier alpha value is -4.52. The Morgan fingerprint density at radius 3 is 2.52 bits per heavy atom. The molecule has 0 spiro atoms. The van der Waals surface area contributed by atoms with E-state index in [1.165, 1.54) is 0 Å². The lowest BCUT2D eigenvalue weighted by Gasteiger charge is -2.12. The molecule has 3 aromatic heterocycles. The summed E-state index contributed by atoms with van der Waals surface area (Å²) in [6.45, 7) is 0.551. The van der Waals surface area contributed by atoms with Crippen molar-refractivity contribution in [1.82, 2.24) is 19.9 Å². The normalized spacial score (nSPS) is 10.7. The van der Waals surface area contributed by atoms with Gasteiger partial charge in [-0.3, -0.25) is 4.98 Å². The van der Waals surface area contributed by atoms with Crippen LogP contribution in [-0.4, -0.2) is 27.0 Å². The Labute approximate surface area is 191 Å². The predicted octanol–water partition coefficient (Wildman–Crippen LogP) is 5.50. The molecule has 0 saturated heterocycles. The van der Waals surface area contributed by atoms with Gasteiger partial charge >= 0.3 is 0 Å². The van der Waals surface area contributed by atoms with Crippen molar-refractivity contribution in [2.24, 2.45) is 0 Å². The molecular formula is C26H21N5O2. The van der Waals surface area contributed by atoms with Crippen molar-refractivity contribution in [3.05, 3.63) is 97.0 Å². The van der Waals surface area contributed by atoms with Crippen LogP contribution >= 0.6 is 0 Å². The summed E-state index contributed by atoms with van der Waals surface area (Å²) in [4.78, 5) is 18.0. The number of methoxy groups -OCH3 is 1. The smallest absolute Gasteiger partial charge is 0.219 e. The number of nitrogens with one attached hydrogen (secondary N) is 1. The molecule has 1 N–H and O–H groups in total. The highest BCUT2D eigenvalue weighted by Crippen LogP contribution is 2.26. The number of fused-ring (bicyclic) bond motifs is 1. The number of benzene rings is 2. The summed E-state index contributed by atoms with van der Waals surface area (Å²) in [5, 5.41) is 4.40. The van der Waals surface area contributed by atoms with E-state index in [0.717, 1.165) is 33.6 Å². The molecule has 0 unspecified atom stereocenters. The fraction of sp³-hybridized carbons (Fsp3) is 0.0769. The van der Waals surface area contributed by atoms with Crippen molar-refractivity contribution in [3.8, 4) is 28.8 Å². The van der Waals surface area contributed by atoms with Crippen LogP contribution in [0.4, 0.5) is 5.82 Å². The SMILES string of the molecule is COc1ccc(Oc2cc(CNc3nc(-c4cccnc4)nc4ccccc34)ccn2)cc1. The minimum absolute atomic E-state index is 0.517. The number of rotatable bonds is 7. The van der Waals surface area contributed by atoms with Gasteiger partial charge in [0.15, 0.2) is 5.82 Å². The Morgan fingerprint density at radius 1 is 0.848 bits per heavy atom. The van der Waals surface area contributed by atoms with E-state index in [9.17, 15) is 0 Å². The average Bonchev–Trinajstić information content (AvgIpc) is 2.88. The van der Waals surface area contributed by atoms with Crippen LogP contribution in [-0.2, 0) is 6.54 Å². The number of aromatic nitrogens is 4. The topological polar surface area (TPSA) is 82.0 Å². The van der Waals surface area contributed by atoms with Crippen LogP contribution in [0.5, 0.6) is 17.4 Å². The summed E-state index contributed by atoms with van der Waals surface area (Å²) in [6, 6.07) is 23.0. The Balaban J connectivity index is 1.38. The molecule has 7 heteroatoms. The lowest BCUT2D eigenvalue weighted by molar-refractivity contribution is 0.412. The van der Waals surface area contributed by atoms with E-state index < -0.39 is 0 Å². The molecule has 5 rings (SSSR count). The van der Waals surface area contributed by atoms with Crippen molar-refractivity contribution in [3.63, 3.8) is 0 Å². The van der Waals surface area contributed by atoms with Crippen LogP contribution in [0.2, 0.25) is 0 Å². The second-order valence-corrected chi connectivity index (χ2v) is 7.29. The lowest BCUT2D eigenvalue weighted by atomic mass is 10.2. The third-order valence-electron chi connectivity index (χ3n) is 5.06. The Morgan fingerprint density at radius 2 is 1.70 bits per heavy atom. The summed E-state index contributed by atoms with van der Waals surface area (Å²) >= 11 is 0. The lowest BCUT2D eigenvalue weighted by Crippen LogP contribution is -2.05. The third-order valence-corrected chi connectivity index (χ3v) is 5.06. The Kier molecular flexibility index (Phi) is 5.75. The van der Waals surface area contributed by atoms with E-state index >= 15 is 0 Å². The van der Waals surface area contributed by atoms with E-state index in [1.807, 2.05) is 72.8 Å². The molecule has 3 heterocycles. The second kappa shape index (κ2) is 9.32. The first-order valence-corrected chi connectivity index (χ1v) is 10.5. The van der Waals surface area contributed by atoms with Gasteiger partial charge in [0.2, 0.25) is 5.88 Å². The fourth-order valence-electron chi connectivity index (χ4n) is 3.40. The molecule has 0 atom stereocenters. The van der Waals surface area contributed by atoms with Crippen LogP contribution in [0.25, 0.3) is 22.3 Å². The molecule has 0 aliphatic heterocycles. The number of pyridine rings is 2. The highest BCUT2D eigenvalue weighted by molar-refractivity contribution is 5.90. The van der Waals surface area contributed by atoms with Gasteiger partial charge in [-0.1, -0.05) is 12.1 Å². The third kappa shape index (κ3) is 4.72. The van der Waals surface area contributed by atoms with E-state index in [2.05, 4.69) is 15.3 Å². The summed E-state index contributed by atoms with van der Waals surface area (Å²) in [5.41, 5.74) is 2.75. The van der Waals surface area contributed by atoms with E-state index in [1.54, 1.807) is 25.7 Å². The van der Waals surface area contributed by atoms with Gasteiger partial charge in [-0.05, 0) is 60.2 Å². The molecule has 33 heavy (non-hydrogen) atoms. The summed E-state index contributed by atoms with van der Waals surface area (Å²) < 4.78 is 11.1. The molecule has 0 saturated carbocycles. The zero-order valence-corrected chi connectivity index (χ0v) is 18.0. The molecule has 0 radical (unpaired) electrons. The molecule has 7 nitrogen and oxygen atoms in total. The number of nitrogens with zero attached hydrogens (tertiary/aromatic N) is 4. The highest BCUT2D eigenvalue weighted by Gasteiger charge is 2.10. The van der Waals surface area contributed by atoms with Crippen molar-refractivity contribution < 1.29 is 9.47 Å². The van der Waals surface area contributed by atoms with Gasteiger partial charge in [0.25, 0.3) is 0 Å². The molecule has 0 aliphatic carbocycles. The first-order valence-electron chi connectivity index (χ1n) is 10.5. The molecule has 162 valence electrons. The van der Waals surface area contributed by atoms with E-state index in [4.69, 9.17) is 19.4 Å². The van der Waals surface area contributed by atoms with Crippen molar-refractivity contribution >= 4 is 16.7 Å². The molecule has 5 aromatic rings. The highest BCUT2D eigenvalue weighted by atomic mass is 16.5. The largest absolute Gasteiger partial charge is 0.497 e. The van der Waals surface area contributed by atoms with E-state index in [0.29, 0.717) is 24.0 Å². The van der Waals surface area contributed by atoms with Gasteiger partial charge in [0.05, 0.1) is 12.6 Å². The van der Waals surface area contributed by atoms with E-state index in [-0.39, 0.29) is 0 Å². The molecule has 0 fully saturated rings. The van der Waals surface area contributed by atoms with Crippen molar-refractivity contribution in [1.29, 1.82) is 0 Å². The van der Waals surface area contributed by atoms with Crippen LogP contribution in [0.3, 0.4) is 0 Å². The summed E-state index contributed by atoms with van der Waals surface area (Å²) in [5.74, 6) is 3.37. The van der Waals surface area contributed by atoms with Gasteiger partial charge in [0, 0.05) is 42.2 Å². The van der Waals surface area contributed by atoms with Gasteiger partial charge in [-0.15, -0.1) is 0 Å². The number of para-hydroxylation sites is 1. The average molecular weight is 435 g/mol. The standard InChI is InChI=1S/C26H21N5O2/c1-32-20-8-10-21(11-9-20)33-24-15-18(12-14-28-24)16-29-26-22-6-2-3-7-23(22)30-25(31-26)19-5-4-13-27-17-19/h2-15,17H,16H2,1H3,(H,29,30,31). The van der Waals surface area contributed by atoms with Crippen LogP contribution in [0, 0.1) is 0 Å². The van der Waals surface area contributed by atoms with Gasteiger partial charge in [0.1, 0.15) is 17.3 Å². The minimum Gasteiger partial charge on any atom is -0.497 e. The molecule has 0 amide bonds. The first kappa shape index (κ1) is 20.4. The predicted molar refractivity (Wildman–Crippen MR) is 127 cm³/mol. The maximum Gasteiger partial charge on any atom is 0.219 e. The van der Waals surface area contributed by atoms with Crippen LogP contribution < -0.4 is 14.8 Å². The number of anilines is 1. The second-order valence-electron chi connectivity index (χ2n) is 7.29. The monoisotopic (exact) mass is 435 g/mol. The quantitative estimate of drug-likeness (QED) is 0.361. The van der Waals surface area contributed by atoms with Gasteiger partial charge in [-0.25, -0.2) is 15.0 Å². The molecule has 0 aliphatic rings. The molecule has 2 aromatic carbocycles. The Bertz CT molecular complexity index is 1380. The van der Waals surface area contributed by atoms with Crippen LogP contribution in [0.15, 0.2) is 91.4 Å². The van der Waals surface area contributed by atoms with Gasteiger partial charge < -0.3 is 14.8 Å². The number of hydrogen-bond donors (Lipinski definition) is 1. The van der Waals surface area contributed by atoms with Crippen LogP contribution in [0.1, 0.15) is 5.56 Å². The van der Waals surface area contributed by atoms with Gasteiger partial charge in [-0.2, -0.15) is 0 Å². The summed E-state index contributed by atoms with van der Waals surface area (Å²) in [7, 11) is 1.63. The number of ether oxygens (including phenoxy) is 2. The molecule has 0 bridgehead atoms. The maximum atomic E-state index is 5.89. The minimum atomic E-state index is 0.517. The zero-order chi connectivity index (χ0) is 22.5. The zero-order valence-electron chi connectivity index (χ0n) is 18.0. The first-order chi connectivity index (χ1) is 16.3. The fourth-order valence-corrected chi connectivity index (χ4v) is 3.40. The maximum absolute atomic E-state index is 5.89.